The Labute approximate surface area is 193 Å². The molecule has 0 N–H and O–H groups in total. The van der Waals surface area contributed by atoms with E-state index >= 15 is 0 Å². The third-order valence-electron chi connectivity index (χ3n) is 6.61. The normalized spacial score (nSPS) is 18.6. The number of carbonyl (C=O) groups is 2. The highest BCUT2D eigenvalue weighted by Gasteiger charge is 2.45. The fourth-order valence-electron chi connectivity index (χ4n) is 5.15. The maximum Gasteiger partial charge on any atom is 0.255 e. The molecule has 0 radical (unpaired) electrons. The summed E-state index contributed by atoms with van der Waals surface area (Å²) in [6, 6.07) is 19.5. The van der Waals surface area contributed by atoms with Crippen molar-refractivity contribution in [1.82, 2.24) is 0 Å². The standard InChI is InChI=1S/C27H28N2O2S/c1-19-9-7-12-21(17-19)29(25(30)18-22-13-8-16-32-22)26-23-14-5-6-15-24(23)28(27(26)31)20-10-3-2-4-11-20/h5-9,12-17,20,26H,2-4,10-11,18H2,1H3. The molecule has 5 heteroatoms. The second-order valence-electron chi connectivity index (χ2n) is 8.82. The van der Waals surface area contributed by atoms with E-state index in [1.807, 2.05) is 77.9 Å². The highest BCUT2D eigenvalue weighted by atomic mass is 32.1. The average Bonchev–Trinajstić information content (AvgIpc) is 3.41. The van der Waals surface area contributed by atoms with Crippen LogP contribution in [0.15, 0.2) is 66.0 Å². The summed E-state index contributed by atoms with van der Waals surface area (Å²) < 4.78 is 0. The fraction of sp³-hybridized carbons (Fsp3) is 0.333. The van der Waals surface area contributed by atoms with E-state index in [4.69, 9.17) is 0 Å². The van der Waals surface area contributed by atoms with Crippen molar-refractivity contribution < 1.29 is 9.59 Å². The van der Waals surface area contributed by atoms with Gasteiger partial charge in [-0.05, 0) is 55.0 Å². The third kappa shape index (κ3) is 3.86. The van der Waals surface area contributed by atoms with Gasteiger partial charge in [-0.2, -0.15) is 0 Å². The molecule has 1 atom stereocenters. The van der Waals surface area contributed by atoms with E-state index in [0.29, 0.717) is 6.42 Å². The lowest BCUT2D eigenvalue weighted by Gasteiger charge is -2.33. The number of benzene rings is 2. The molecular weight excluding hydrogens is 416 g/mol. The zero-order valence-corrected chi connectivity index (χ0v) is 19.2. The molecule has 2 amide bonds. The van der Waals surface area contributed by atoms with Gasteiger partial charge in [-0.1, -0.05) is 55.7 Å². The molecule has 1 aliphatic carbocycles. The lowest BCUT2D eigenvalue weighted by Crippen LogP contribution is -2.45. The molecule has 0 saturated heterocycles. The first-order chi connectivity index (χ1) is 15.6. The molecule has 1 aliphatic heterocycles. The van der Waals surface area contributed by atoms with Gasteiger partial charge >= 0.3 is 0 Å². The van der Waals surface area contributed by atoms with E-state index in [-0.39, 0.29) is 17.9 Å². The number of carbonyl (C=O) groups excluding carboxylic acids is 2. The van der Waals surface area contributed by atoms with Crippen molar-refractivity contribution in [1.29, 1.82) is 0 Å². The summed E-state index contributed by atoms with van der Waals surface area (Å²) in [6.45, 7) is 2.02. The molecule has 4 nitrogen and oxygen atoms in total. The van der Waals surface area contributed by atoms with Crippen molar-refractivity contribution in [2.75, 3.05) is 9.80 Å². The number of rotatable bonds is 5. The van der Waals surface area contributed by atoms with Crippen LogP contribution in [-0.4, -0.2) is 17.9 Å². The number of amides is 2. The van der Waals surface area contributed by atoms with Crippen molar-refractivity contribution >= 4 is 34.5 Å². The van der Waals surface area contributed by atoms with Gasteiger partial charge in [0.2, 0.25) is 5.91 Å². The van der Waals surface area contributed by atoms with E-state index in [1.165, 1.54) is 6.42 Å². The van der Waals surface area contributed by atoms with Crippen LogP contribution in [0.2, 0.25) is 0 Å². The highest BCUT2D eigenvalue weighted by molar-refractivity contribution is 7.10. The topological polar surface area (TPSA) is 40.6 Å². The Morgan fingerprint density at radius 2 is 1.84 bits per heavy atom. The van der Waals surface area contributed by atoms with Crippen LogP contribution in [0.3, 0.4) is 0 Å². The largest absolute Gasteiger partial charge is 0.307 e. The van der Waals surface area contributed by atoms with Gasteiger partial charge < -0.3 is 4.90 Å². The van der Waals surface area contributed by atoms with Gasteiger partial charge in [-0.3, -0.25) is 14.5 Å². The monoisotopic (exact) mass is 444 g/mol. The summed E-state index contributed by atoms with van der Waals surface area (Å²) in [5.41, 5.74) is 3.75. The number of thiophene rings is 1. The predicted molar refractivity (Wildman–Crippen MR) is 130 cm³/mol. The minimum absolute atomic E-state index is 0.0270. The van der Waals surface area contributed by atoms with Crippen molar-refractivity contribution in [3.8, 4) is 0 Å². The number of anilines is 2. The van der Waals surface area contributed by atoms with Gasteiger partial charge in [-0.15, -0.1) is 11.3 Å². The predicted octanol–water partition coefficient (Wildman–Crippen LogP) is 6.05. The number of hydrogen-bond donors (Lipinski definition) is 0. The molecule has 3 aromatic rings. The summed E-state index contributed by atoms with van der Waals surface area (Å²) in [7, 11) is 0. The number of fused-ring (bicyclic) bond motifs is 1. The molecular formula is C27H28N2O2S. The quantitative estimate of drug-likeness (QED) is 0.480. The minimum atomic E-state index is -0.623. The number of aryl methyl sites for hydroxylation is 1. The summed E-state index contributed by atoms with van der Waals surface area (Å²) in [6.07, 6.45) is 5.89. The van der Waals surface area contributed by atoms with Gasteiger partial charge in [0.05, 0.1) is 6.42 Å². The number of hydrogen-bond acceptors (Lipinski definition) is 3. The van der Waals surface area contributed by atoms with Gasteiger partial charge in [0.1, 0.15) is 6.04 Å². The molecule has 0 spiro atoms. The van der Waals surface area contributed by atoms with Crippen LogP contribution in [0.4, 0.5) is 11.4 Å². The van der Waals surface area contributed by atoms with Crippen LogP contribution in [0.5, 0.6) is 0 Å². The van der Waals surface area contributed by atoms with Crippen LogP contribution >= 0.6 is 11.3 Å². The molecule has 1 aromatic heterocycles. The van der Waals surface area contributed by atoms with Crippen molar-refractivity contribution in [3.63, 3.8) is 0 Å². The molecule has 5 rings (SSSR count). The van der Waals surface area contributed by atoms with E-state index in [1.54, 1.807) is 16.2 Å². The van der Waals surface area contributed by atoms with E-state index < -0.39 is 6.04 Å². The molecule has 164 valence electrons. The average molecular weight is 445 g/mol. The molecule has 0 bridgehead atoms. The zero-order valence-electron chi connectivity index (χ0n) is 18.4. The third-order valence-corrected chi connectivity index (χ3v) is 7.49. The maximum atomic E-state index is 14.0. The summed E-state index contributed by atoms with van der Waals surface area (Å²) in [4.78, 5) is 32.5. The second kappa shape index (κ2) is 8.91. The van der Waals surface area contributed by atoms with E-state index in [0.717, 1.165) is 53.1 Å². The Kier molecular flexibility index (Phi) is 5.83. The molecule has 2 aromatic carbocycles. The Hall–Kier alpha value is -2.92. The molecule has 2 aliphatic rings. The molecule has 1 fully saturated rings. The first-order valence-corrected chi connectivity index (χ1v) is 12.3. The van der Waals surface area contributed by atoms with E-state index in [9.17, 15) is 9.59 Å². The molecule has 1 saturated carbocycles. The maximum absolute atomic E-state index is 14.0. The first-order valence-electron chi connectivity index (χ1n) is 11.5. The SMILES string of the molecule is Cc1cccc(N(C(=O)Cc2cccs2)C2C(=O)N(C3CCCCC3)c3ccccc32)c1. The summed E-state index contributed by atoms with van der Waals surface area (Å²) in [5.74, 6) is -0.0177. The van der Waals surface area contributed by atoms with Crippen LogP contribution in [0.1, 0.15) is 54.1 Å². The fourth-order valence-corrected chi connectivity index (χ4v) is 5.85. The zero-order chi connectivity index (χ0) is 22.1. The van der Waals surface area contributed by atoms with Gasteiger partial charge in [-0.25, -0.2) is 0 Å². The van der Waals surface area contributed by atoms with Gasteiger partial charge in [0.15, 0.2) is 0 Å². The van der Waals surface area contributed by atoms with Gasteiger partial charge in [0, 0.05) is 27.9 Å². The second-order valence-corrected chi connectivity index (χ2v) is 9.85. The lowest BCUT2D eigenvalue weighted by molar-refractivity contribution is -0.124. The van der Waals surface area contributed by atoms with Crippen molar-refractivity contribution in [2.45, 2.75) is 57.5 Å². The number of nitrogens with zero attached hydrogens (tertiary/aromatic N) is 2. The van der Waals surface area contributed by atoms with Crippen LogP contribution < -0.4 is 9.80 Å². The lowest BCUT2D eigenvalue weighted by atomic mass is 9.94. The molecule has 1 unspecified atom stereocenters. The molecule has 32 heavy (non-hydrogen) atoms. The number of para-hydroxylation sites is 1. The smallest absolute Gasteiger partial charge is 0.255 e. The van der Waals surface area contributed by atoms with E-state index in [2.05, 4.69) is 0 Å². The Balaban J connectivity index is 1.58. The Morgan fingerprint density at radius 3 is 2.59 bits per heavy atom. The molecule has 2 heterocycles. The Bertz CT molecular complexity index is 1120. The van der Waals surface area contributed by atoms with Crippen LogP contribution in [-0.2, 0) is 16.0 Å². The highest BCUT2D eigenvalue weighted by Crippen LogP contribution is 2.44. The first kappa shape index (κ1) is 21.0. The Morgan fingerprint density at radius 1 is 1.03 bits per heavy atom. The van der Waals surface area contributed by atoms with Gasteiger partial charge in [0.25, 0.3) is 5.91 Å². The van der Waals surface area contributed by atoms with Crippen LogP contribution in [0.25, 0.3) is 0 Å². The summed E-state index contributed by atoms with van der Waals surface area (Å²) in [5, 5.41) is 1.99. The minimum Gasteiger partial charge on any atom is -0.307 e. The summed E-state index contributed by atoms with van der Waals surface area (Å²) >= 11 is 1.58. The van der Waals surface area contributed by atoms with Crippen molar-refractivity contribution in [2.24, 2.45) is 0 Å². The van der Waals surface area contributed by atoms with Crippen molar-refractivity contribution in [3.05, 3.63) is 82.0 Å². The van der Waals surface area contributed by atoms with Crippen LogP contribution in [0, 0.1) is 6.92 Å².